The lowest BCUT2D eigenvalue weighted by atomic mass is 9.87. The Hall–Kier alpha value is -3.20. The number of fused-ring (bicyclic) bond motifs is 4. The molecule has 0 aliphatic heterocycles. The third kappa shape index (κ3) is 4.01. The van der Waals surface area contributed by atoms with E-state index in [1.807, 2.05) is 31.0 Å². The monoisotopic (exact) mass is 464 g/mol. The molecular weight excluding hydrogens is 436 g/mol. The van der Waals surface area contributed by atoms with Gasteiger partial charge < -0.3 is 15.0 Å². The van der Waals surface area contributed by atoms with Crippen LogP contribution in [0.15, 0.2) is 24.7 Å². The molecular formula is C24H28N6O2S. The van der Waals surface area contributed by atoms with E-state index < -0.39 is 0 Å². The summed E-state index contributed by atoms with van der Waals surface area (Å²) in [5.41, 5.74) is 3.03. The van der Waals surface area contributed by atoms with Crippen molar-refractivity contribution < 1.29 is 9.53 Å². The van der Waals surface area contributed by atoms with Gasteiger partial charge in [-0.15, -0.1) is 11.3 Å². The van der Waals surface area contributed by atoms with Gasteiger partial charge in [0.05, 0.1) is 29.4 Å². The number of carbonyl (C=O) groups excluding carboxylic acids is 1. The van der Waals surface area contributed by atoms with Gasteiger partial charge in [-0.2, -0.15) is 5.10 Å². The number of nitrogens with zero attached hydrogens (tertiary/aromatic N) is 4. The molecule has 5 rings (SSSR count). The van der Waals surface area contributed by atoms with Crippen LogP contribution in [-0.4, -0.2) is 51.2 Å². The van der Waals surface area contributed by atoms with Gasteiger partial charge in [-0.25, -0.2) is 9.97 Å². The summed E-state index contributed by atoms with van der Waals surface area (Å²) in [5.74, 6) is 1.81. The van der Waals surface area contributed by atoms with Crippen LogP contribution in [0, 0.1) is 5.92 Å². The minimum atomic E-state index is 0.0412. The number of rotatable bonds is 7. The van der Waals surface area contributed by atoms with Gasteiger partial charge in [0.2, 0.25) is 5.91 Å². The molecule has 33 heavy (non-hydrogen) atoms. The van der Waals surface area contributed by atoms with Crippen molar-refractivity contribution in [2.45, 2.75) is 39.5 Å². The van der Waals surface area contributed by atoms with Crippen LogP contribution in [0.3, 0.4) is 0 Å². The normalized spacial score (nSPS) is 15.5. The summed E-state index contributed by atoms with van der Waals surface area (Å²) in [5, 5.41) is 12.7. The number of anilines is 2. The summed E-state index contributed by atoms with van der Waals surface area (Å²) in [6, 6.07) is 3.98. The average molecular weight is 465 g/mol. The predicted molar refractivity (Wildman–Crippen MR) is 131 cm³/mol. The number of aromatic amines is 1. The van der Waals surface area contributed by atoms with Gasteiger partial charge in [0.25, 0.3) is 0 Å². The van der Waals surface area contributed by atoms with Crippen molar-refractivity contribution in [2.75, 3.05) is 25.5 Å². The van der Waals surface area contributed by atoms with Crippen LogP contribution in [0.4, 0.5) is 11.5 Å². The topological polar surface area (TPSA) is 96.0 Å². The average Bonchev–Trinajstić information content (AvgIpc) is 3.42. The van der Waals surface area contributed by atoms with Crippen molar-refractivity contribution in [3.8, 4) is 5.75 Å². The van der Waals surface area contributed by atoms with Gasteiger partial charge in [-0.3, -0.25) is 9.89 Å². The lowest BCUT2D eigenvalue weighted by Gasteiger charge is -2.26. The summed E-state index contributed by atoms with van der Waals surface area (Å²) in [6.45, 7) is 5.43. The van der Waals surface area contributed by atoms with E-state index in [2.05, 4.69) is 32.4 Å². The first-order valence-electron chi connectivity index (χ1n) is 11.5. The first-order chi connectivity index (χ1) is 16.1. The molecule has 0 saturated heterocycles. The van der Waals surface area contributed by atoms with Gasteiger partial charge in [0, 0.05) is 35.8 Å². The molecule has 1 atom stereocenters. The second-order valence-corrected chi connectivity index (χ2v) is 9.55. The molecule has 4 aromatic rings. The smallest absolute Gasteiger partial charge is 0.225 e. The van der Waals surface area contributed by atoms with Crippen LogP contribution in [0.2, 0.25) is 0 Å². The summed E-state index contributed by atoms with van der Waals surface area (Å²) >= 11 is 1.68. The molecule has 1 aliphatic carbocycles. The second kappa shape index (κ2) is 8.97. The third-order valence-corrected chi connectivity index (χ3v) is 7.39. The number of H-pyrrole nitrogens is 1. The zero-order chi connectivity index (χ0) is 22.9. The molecule has 2 N–H and O–H groups in total. The highest BCUT2D eigenvalue weighted by Crippen LogP contribution is 2.42. The maximum Gasteiger partial charge on any atom is 0.225 e. The largest absolute Gasteiger partial charge is 0.492 e. The van der Waals surface area contributed by atoms with E-state index >= 15 is 0 Å². The van der Waals surface area contributed by atoms with Crippen molar-refractivity contribution in [3.63, 3.8) is 0 Å². The minimum absolute atomic E-state index is 0.0412. The Morgan fingerprint density at radius 3 is 3.03 bits per heavy atom. The molecule has 1 amide bonds. The Morgan fingerprint density at radius 1 is 1.33 bits per heavy atom. The predicted octanol–water partition coefficient (Wildman–Crippen LogP) is 4.68. The van der Waals surface area contributed by atoms with Gasteiger partial charge in [-0.1, -0.05) is 6.92 Å². The quantitative estimate of drug-likeness (QED) is 0.412. The van der Waals surface area contributed by atoms with Crippen molar-refractivity contribution in [1.82, 2.24) is 25.1 Å². The van der Waals surface area contributed by atoms with Crippen molar-refractivity contribution in [1.29, 1.82) is 0 Å². The van der Waals surface area contributed by atoms with Crippen molar-refractivity contribution >= 4 is 49.9 Å². The van der Waals surface area contributed by atoms with Crippen LogP contribution in [0.5, 0.6) is 5.75 Å². The number of aryl methyl sites for hydroxylation is 1. The summed E-state index contributed by atoms with van der Waals surface area (Å²) in [6.07, 6.45) is 6.85. The zero-order valence-electron chi connectivity index (χ0n) is 19.1. The Labute approximate surface area is 196 Å². The fraction of sp³-hybridized carbons (Fsp3) is 0.417. The Kier molecular flexibility index (Phi) is 5.88. The zero-order valence-corrected chi connectivity index (χ0v) is 20.0. The fourth-order valence-corrected chi connectivity index (χ4v) is 5.91. The van der Waals surface area contributed by atoms with E-state index in [1.165, 1.54) is 10.4 Å². The molecule has 172 valence electrons. The van der Waals surface area contributed by atoms with Crippen LogP contribution >= 0.6 is 11.3 Å². The maximum absolute atomic E-state index is 12.9. The molecule has 0 bridgehead atoms. The number of aromatic nitrogens is 4. The molecule has 1 aliphatic rings. The van der Waals surface area contributed by atoms with Gasteiger partial charge in [0.15, 0.2) is 0 Å². The highest BCUT2D eigenvalue weighted by Gasteiger charge is 2.30. The van der Waals surface area contributed by atoms with Gasteiger partial charge >= 0.3 is 0 Å². The van der Waals surface area contributed by atoms with Gasteiger partial charge in [-0.05, 0) is 44.2 Å². The maximum atomic E-state index is 12.9. The van der Waals surface area contributed by atoms with E-state index in [9.17, 15) is 4.79 Å². The highest BCUT2D eigenvalue weighted by molar-refractivity contribution is 7.19. The number of carbonyl (C=O) groups is 1. The number of nitrogens with one attached hydrogen (secondary N) is 2. The van der Waals surface area contributed by atoms with E-state index in [4.69, 9.17) is 4.74 Å². The summed E-state index contributed by atoms with van der Waals surface area (Å²) < 4.78 is 5.88. The lowest BCUT2D eigenvalue weighted by molar-refractivity contribution is -0.134. The van der Waals surface area contributed by atoms with E-state index in [1.54, 1.807) is 23.9 Å². The Balaban J connectivity index is 1.49. The minimum Gasteiger partial charge on any atom is -0.492 e. The number of amides is 1. The first kappa shape index (κ1) is 21.6. The third-order valence-electron chi connectivity index (χ3n) is 6.22. The second-order valence-electron chi connectivity index (χ2n) is 8.47. The number of ether oxygens (including phenoxy) is 1. The number of hydrogen-bond acceptors (Lipinski definition) is 7. The number of hydrogen-bond donors (Lipinski definition) is 2. The first-order valence-corrected chi connectivity index (χ1v) is 12.3. The molecule has 9 heteroatoms. The highest BCUT2D eigenvalue weighted by atomic mass is 32.1. The lowest BCUT2D eigenvalue weighted by Crippen LogP contribution is -2.35. The van der Waals surface area contributed by atoms with Crippen LogP contribution in [-0.2, 0) is 17.6 Å². The van der Waals surface area contributed by atoms with Gasteiger partial charge in [0.1, 0.15) is 22.7 Å². The van der Waals surface area contributed by atoms with Crippen molar-refractivity contribution in [3.05, 3.63) is 35.1 Å². The van der Waals surface area contributed by atoms with E-state index in [0.29, 0.717) is 6.61 Å². The SMILES string of the molecule is CCCN(C)C(=O)[C@H]1CCc2c(sc3ncnc(Nc4cc5cn[nH]c5cc4OCC)c23)C1. The number of thiophene rings is 1. The molecule has 0 saturated carbocycles. The van der Waals surface area contributed by atoms with Crippen LogP contribution in [0.1, 0.15) is 37.1 Å². The van der Waals surface area contributed by atoms with Crippen molar-refractivity contribution in [2.24, 2.45) is 5.92 Å². The molecule has 3 heterocycles. The standard InChI is InChI=1S/C24H28N6O2S/c1-4-8-30(3)24(31)14-6-7-16-20(10-14)33-23-21(16)22(25-13-26-23)28-18-9-15-12-27-29-17(15)11-19(18)32-5-2/h9,11-14H,4-8,10H2,1-3H3,(H,27,29)(H,25,26,28)/t14-/m0/s1. The van der Waals surface area contributed by atoms with E-state index in [-0.39, 0.29) is 11.8 Å². The van der Waals surface area contributed by atoms with Crippen LogP contribution < -0.4 is 10.1 Å². The Morgan fingerprint density at radius 2 is 2.21 bits per heavy atom. The summed E-state index contributed by atoms with van der Waals surface area (Å²) in [7, 11) is 1.91. The molecule has 0 spiro atoms. The van der Waals surface area contributed by atoms with E-state index in [0.717, 1.165) is 70.6 Å². The fourth-order valence-electron chi connectivity index (χ4n) is 4.64. The molecule has 0 unspecified atom stereocenters. The molecule has 0 radical (unpaired) electrons. The molecule has 8 nitrogen and oxygen atoms in total. The molecule has 3 aromatic heterocycles. The number of benzene rings is 1. The molecule has 1 aromatic carbocycles. The summed E-state index contributed by atoms with van der Waals surface area (Å²) in [4.78, 5) is 26.1. The Bertz CT molecular complexity index is 1310. The molecule has 0 fully saturated rings. The van der Waals surface area contributed by atoms with Crippen LogP contribution in [0.25, 0.3) is 21.1 Å².